The number of amides is 2. The number of hydrogen-bond acceptors (Lipinski definition) is 4. The molecular weight excluding hydrogens is 480 g/mol. The number of hydrogen-bond donors (Lipinski definition) is 1. The van der Waals surface area contributed by atoms with E-state index in [2.05, 4.69) is 12.1 Å². The lowest BCUT2D eigenvalue weighted by molar-refractivity contribution is -0.151. The van der Waals surface area contributed by atoms with Crippen LogP contribution >= 0.6 is 0 Å². The molecule has 0 spiro atoms. The Morgan fingerprint density at radius 2 is 1.34 bits per heavy atom. The summed E-state index contributed by atoms with van der Waals surface area (Å²) in [5.41, 5.74) is 5.28. The van der Waals surface area contributed by atoms with Crippen molar-refractivity contribution in [2.45, 2.75) is 38.3 Å². The maximum atomic E-state index is 13.6. The Hall–Kier alpha value is -4.13. The van der Waals surface area contributed by atoms with Crippen molar-refractivity contribution < 1.29 is 24.2 Å². The molecular formula is C31H34N2O5. The van der Waals surface area contributed by atoms with Gasteiger partial charge in [0.2, 0.25) is 5.91 Å². The van der Waals surface area contributed by atoms with Crippen molar-refractivity contribution in [1.29, 1.82) is 0 Å². The third-order valence-electron chi connectivity index (χ3n) is 7.30. The minimum absolute atomic E-state index is 0.0992. The molecule has 1 N–H and O–H groups in total. The number of aliphatic carboxylic acids is 1. The maximum Gasteiger partial charge on any atom is 0.410 e. The second-order valence-electron chi connectivity index (χ2n) is 10.1. The molecule has 7 nitrogen and oxygen atoms in total. The van der Waals surface area contributed by atoms with Crippen LogP contribution in [0.2, 0.25) is 0 Å². The van der Waals surface area contributed by atoms with E-state index in [1.54, 1.807) is 0 Å². The van der Waals surface area contributed by atoms with Crippen LogP contribution in [-0.2, 0) is 20.7 Å². The van der Waals surface area contributed by atoms with Crippen LogP contribution in [0.4, 0.5) is 4.79 Å². The van der Waals surface area contributed by atoms with Crippen LogP contribution in [0, 0.1) is 5.92 Å². The highest BCUT2D eigenvalue weighted by molar-refractivity contribution is 5.89. The predicted octanol–water partition coefficient (Wildman–Crippen LogP) is 5.05. The summed E-state index contributed by atoms with van der Waals surface area (Å²) in [6.45, 7) is 3.80. The molecule has 0 fully saturated rings. The maximum absolute atomic E-state index is 13.6. The lowest BCUT2D eigenvalue weighted by atomic mass is 9.98. The van der Waals surface area contributed by atoms with Crippen molar-refractivity contribution in [3.8, 4) is 11.1 Å². The van der Waals surface area contributed by atoms with Gasteiger partial charge in [-0.25, -0.2) is 9.59 Å². The number of nitrogens with zero attached hydrogens (tertiary/aromatic N) is 2. The van der Waals surface area contributed by atoms with Gasteiger partial charge in [0.1, 0.15) is 18.7 Å². The molecule has 0 bridgehead atoms. The van der Waals surface area contributed by atoms with Crippen LogP contribution in [-0.4, -0.2) is 65.7 Å². The highest BCUT2D eigenvalue weighted by Crippen LogP contribution is 2.44. The normalized spacial score (nSPS) is 13.8. The first-order valence-corrected chi connectivity index (χ1v) is 12.8. The predicted molar refractivity (Wildman–Crippen MR) is 146 cm³/mol. The molecule has 1 aliphatic rings. The third-order valence-corrected chi connectivity index (χ3v) is 7.30. The van der Waals surface area contributed by atoms with Gasteiger partial charge in [-0.3, -0.25) is 9.69 Å². The largest absolute Gasteiger partial charge is 0.480 e. The van der Waals surface area contributed by atoms with E-state index in [0.717, 1.165) is 27.8 Å². The molecule has 3 aromatic carbocycles. The highest BCUT2D eigenvalue weighted by atomic mass is 16.6. The molecule has 7 heteroatoms. The Kier molecular flexibility index (Phi) is 8.15. The van der Waals surface area contributed by atoms with E-state index < -0.39 is 30.1 Å². The zero-order valence-electron chi connectivity index (χ0n) is 22.2. The number of ether oxygens (including phenoxy) is 1. The van der Waals surface area contributed by atoms with Gasteiger partial charge in [0.05, 0.1) is 0 Å². The van der Waals surface area contributed by atoms with Crippen LogP contribution in [0.3, 0.4) is 0 Å². The molecule has 0 saturated carbocycles. The molecule has 1 aliphatic carbocycles. The van der Waals surface area contributed by atoms with E-state index in [4.69, 9.17) is 4.74 Å². The summed E-state index contributed by atoms with van der Waals surface area (Å²) in [4.78, 5) is 41.4. The molecule has 198 valence electrons. The molecule has 3 aromatic rings. The Balaban J connectivity index is 1.48. The summed E-state index contributed by atoms with van der Waals surface area (Å²) in [7, 11) is 3.01. The fourth-order valence-corrected chi connectivity index (χ4v) is 5.30. The van der Waals surface area contributed by atoms with Crippen LogP contribution < -0.4 is 0 Å². The number of carbonyl (C=O) groups excluding carboxylic acids is 2. The lowest BCUT2D eigenvalue weighted by Crippen LogP contribution is -2.55. The van der Waals surface area contributed by atoms with Gasteiger partial charge < -0.3 is 14.7 Å². The summed E-state index contributed by atoms with van der Waals surface area (Å²) in [6.07, 6.45) is -0.458. The Labute approximate surface area is 223 Å². The summed E-state index contributed by atoms with van der Waals surface area (Å²) in [5.74, 6) is -1.91. The fourth-order valence-electron chi connectivity index (χ4n) is 5.30. The van der Waals surface area contributed by atoms with Gasteiger partial charge in [-0.2, -0.15) is 0 Å². The Morgan fingerprint density at radius 3 is 1.87 bits per heavy atom. The van der Waals surface area contributed by atoms with Gasteiger partial charge in [0, 0.05) is 26.4 Å². The van der Waals surface area contributed by atoms with Crippen LogP contribution in [0.1, 0.15) is 36.5 Å². The van der Waals surface area contributed by atoms with E-state index in [1.165, 1.54) is 23.9 Å². The second-order valence-corrected chi connectivity index (χ2v) is 10.1. The van der Waals surface area contributed by atoms with Crippen molar-refractivity contribution in [3.63, 3.8) is 0 Å². The minimum Gasteiger partial charge on any atom is -0.480 e. The molecule has 0 radical (unpaired) electrons. The average molecular weight is 515 g/mol. The van der Waals surface area contributed by atoms with Crippen molar-refractivity contribution in [2.75, 3.05) is 20.7 Å². The Morgan fingerprint density at radius 1 is 0.816 bits per heavy atom. The standard InChI is InChI=1S/C31H34N2O5/c1-20(2)28(29(34)32(3)27(30(35)36)18-21-12-6-5-7-13-21)33(4)31(37)38-19-26-24-16-10-8-14-22(24)23-15-9-11-17-25(23)26/h5-17,20,26-28H,18-19H2,1-4H3,(H,35,36)/t27-,28-/m0/s1. The molecule has 4 rings (SSSR count). The van der Waals surface area contributed by atoms with Crippen molar-refractivity contribution >= 4 is 18.0 Å². The average Bonchev–Trinajstić information content (AvgIpc) is 3.23. The first-order chi connectivity index (χ1) is 18.2. The third kappa shape index (κ3) is 5.42. The molecule has 38 heavy (non-hydrogen) atoms. The zero-order chi connectivity index (χ0) is 27.4. The molecule has 0 saturated heterocycles. The highest BCUT2D eigenvalue weighted by Gasteiger charge is 2.38. The quantitative estimate of drug-likeness (QED) is 0.432. The monoisotopic (exact) mass is 514 g/mol. The van der Waals surface area contributed by atoms with Gasteiger partial charge in [-0.05, 0) is 33.7 Å². The van der Waals surface area contributed by atoms with Crippen molar-refractivity contribution in [2.24, 2.45) is 5.92 Å². The fraction of sp³-hybridized carbons (Fsp3) is 0.323. The van der Waals surface area contributed by atoms with E-state index in [1.807, 2.05) is 80.6 Å². The molecule has 0 aliphatic heterocycles. The summed E-state index contributed by atoms with van der Waals surface area (Å²) < 4.78 is 5.77. The van der Waals surface area contributed by atoms with Gasteiger partial charge in [0.25, 0.3) is 0 Å². The van der Waals surface area contributed by atoms with Gasteiger partial charge in [0.15, 0.2) is 0 Å². The van der Waals surface area contributed by atoms with Crippen molar-refractivity contribution in [3.05, 3.63) is 95.6 Å². The van der Waals surface area contributed by atoms with Crippen LogP contribution in [0.5, 0.6) is 0 Å². The number of carbonyl (C=O) groups is 3. The lowest BCUT2D eigenvalue weighted by Gasteiger charge is -2.35. The van der Waals surface area contributed by atoms with Gasteiger partial charge in [-0.1, -0.05) is 92.7 Å². The number of benzene rings is 3. The van der Waals surface area contributed by atoms with Gasteiger partial charge in [-0.15, -0.1) is 0 Å². The second kappa shape index (κ2) is 11.5. The zero-order valence-corrected chi connectivity index (χ0v) is 22.2. The first-order valence-electron chi connectivity index (χ1n) is 12.8. The van der Waals surface area contributed by atoms with Crippen molar-refractivity contribution in [1.82, 2.24) is 9.80 Å². The van der Waals surface area contributed by atoms with Crippen LogP contribution in [0.25, 0.3) is 11.1 Å². The number of likely N-dealkylation sites (N-methyl/N-ethyl adjacent to an activating group) is 2. The summed E-state index contributed by atoms with van der Waals surface area (Å²) in [5, 5.41) is 9.89. The topological polar surface area (TPSA) is 87.2 Å². The number of carboxylic acids is 1. The molecule has 0 unspecified atom stereocenters. The molecule has 0 heterocycles. The summed E-state index contributed by atoms with van der Waals surface area (Å²) in [6, 6.07) is 23.4. The molecule has 2 atom stereocenters. The molecule has 0 aromatic heterocycles. The van der Waals surface area contributed by atoms with Gasteiger partial charge >= 0.3 is 12.1 Å². The van der Waals surface area contributed by atoms with E-state index >= 15 is 0 Å². The SMILES string of the molecule is CC(C)[C@@H](C(=O)N(C)[C@@H](Cc1ccccc1)C(=O)O)N(C)C(=O)OCC1c2ccccc2-c2ccccc21. The van der Waals surface area contributed by atoms with E-state index in [9.17, 15) is 19.5 Å². The summed E-state index contributed by atoms with van der Waals surface area (Å²) >= 11 is 0. The number of rotatable bonds is 9. The first kappa shape index (κ1) is 26.9. The Bertz CT molecular complexity index is 1260. The number of fused-ring (bicyclic) bond motifs is 3. The molecule has 2 amide bonds. The van der Waals surface area contributed by atoms with E-state index in [-0.39, 0.29) is 24.9 Å². The smallest absolute Gasteiger partial charge is 0.410 e. The minimum atomic E-state index is -1.10. The number of carboxylic acid groups (broad SMARTS) is 1. The van der Waals surface area contributed by atoms with E-state index in [0.29, 0.717) is 0 Å². The van der Waals surface area contributed by atoms with Crippen LogP contribution in [0.15, 0.2) is 78.9 Å².